The van der Waals surface area contributed by atoms with E-state index in [4.69, 9.17) is 0 Å². The molecule has 1 N–H and O–H groups in total. The number of hydrogen-bond donors (Lipinski definition) is 1. The second-order valence-corrected chi connectivity index (χ2v) is 8.81. The standard InChI is InChI=1S/C24H27N5O/c1-15-25-13-19(14-26-15)18-5-6-21(23(30)12-18)22-7-8-24(28-27-22)29(2)20-10-16-3-4-17(9-16)11-20/h5-8,12-14,16-17,20,30H,3-4,9-11H2,1-2H3/t16-,17+,20?. The molecule has 0 saturated heterocycles. The molecule has 0 aliphatic heterocycles. The molecule has 2 aliphatic rings. The van der Waals surface area contributed by atoms with Crippen LogP contribution < -0.4 is 4.90 Å². The number of aromatic hydroxyl groups is 1. The summed E-state index contributed by atoms with van der Waals surface area (Å²) in [6.07, 6.45) is 10.3. The zero-order valence-electron chi connectivity index (χ0n) is 17.5. The third-order valence-electron chi connectivity index (χ3n) is 6.81. The van der Waals surface area contributed by atoms with Crippen molar-refractivity contribution in [3.8, 4) is 28.1 Å². The van der Waals surface area contributed by atoms with Crippen molar-refractivity contribution in [2.75, 3.05) is 11.9 Å². The van der Waals surface area contributed by atoms with Crippen LogP contribution in [0.4, 0.5) is 5.82 Å². The maximum absolute atomic E-state index is 10.6. The van der Waals surface area contributed by atoms with Crippen molar-refractivity contribution >= 4 is 5.82 Å². The molecule has 2 saturated carbocycles. The Balaban J connectivity index is 1.34. The van der Waals surface area contributed by atoms with Crippen LogP contribution in [-0.2, 0) is 0 Å². The number of nitrogens with zero attached hydrogens (tertiary/aromatic N) is 5. The van der Waals surface area contributed by atoms with Gasteiger partial charge in [-0.1, -0.05) is 18.9 Å². The van der Waals surface area contributed by atoms with E-state index < -0.39 is 0 Å². The predicted molar refractivity (Wildman–Crippen MR) is 117 cm³/mol. The molecular weight excluding hydrogens is 374 g/mol. The Hall–Kier alpha value is -3.02. The summed E-state index contributed by atoms with van der Waals surface area (Å²) < 4.78 is 0. The maximum Gasteiger partial charge on any atom is 0.151 e. The van der Waals surface area contributed by atoms with E-state index in [2.05, 4.69) is 32.1 Å². The summed E-state index contributed by atoms with van der Waals surface area (Å²) >= 11 is 0. The van der Waals surface area contributed by atoms with Crippen molar-refractivity contribution < 1.29 is 5.11 Å². The van der Waals surface area contributed by atoms with Gasteiger partial charge in [-0.05, 0) is 67.9 Å². The van der Waals surface area contributed by atoms with Gasteiger partial charge in [-0.25, -0.2) is 9.97 Å². The Labute approximate surface area is 177 Å². The number of hydrogen-bond acceptors (Lipinski definition) is 6. The van der Waals surface area contributed by atoms with E-state index in [1.165, 1.54) is 32.1 Å². The van der Waals surface area contributed by atoms with Crippen LogP contribution in [0.3, 0.4) is 0 Å². The van der Waals surface area contributed by atoms with Crippen molar-refractivity contribution in [2.45, 2.75) is 45.1 Å². The third-order valence-corrected chi connectivity index (χ3v) is 6.81. The Morgan fingerprint density at radius 3 is 2.27 bits per heavy atom. The number of phenolic OH excluding ortho intramolecular Hbond substituents is 1. The zero-order valence-corrected chi connectivity index (χ0v) is 17.5. The van der Waals surface area contributed by atoms with E-state index in [9.17, 15) is 5.11 Å². The molecule has 2 fully saturated rings. The zero-order chi connectivity index (χ0) is 20.7. The number of rotatable bonds is 4. The van der Waals surface area contributed by atoms with Gasteiger partial charge in [0.15, 0.2) is 5.82 Å². The number of aryl methyl sites for hydroxylation is 1. The highest BCUT2D eigenvalue weighted by Gasteiger charge is 2.36. The Kier molecular flexibility index (Phi) is 4.85. The molecule has 2 bridgehead atoms. The summed E-state index contributed by atoms with van der Waals surface area (Å²) in [6, 6.07) is 10.1. The van der Waals surface area contributed by atoms with Gasteiger partial charge in [-0.3, -0.25) is 0 Å². The van der Waals surface area contributed by atoms with Gasteiger partial charge in [0.2, 0.25) is 0 Å². The molecule has 6 heteroatoms. The van der Waals surface area contributed by atoms with E-state index in [1.54, 1.807) is 18.5 Å². The van der Waals surface area contributed by atoms with Crippen LogP contribution in [0.1, 0.15) is 37.9 Å². The Morgan fingerprint density at radius 1 is 0.900 bits per heavy atom. The molecule has 154 valence electrons. The minimum Gasteiger partial charge on any atom is -0.507 e. The van der Waals surface area contributed by atoms with Gasteiger partial charge < -0.3 is 10.0 Å². The second-order valence-electron chi connectivity index (χ2n) is 8.81. The normalized spacial score (nSPS) is 22.8. The van der Waals surface area contributed by atoms with E-state index in [-0.39, 0.29) is 5.75 Å². The number of aromatic nitrogens is 4. The van der Waals surface area contributed by atoms with Crippen LogP contribution in [0.25, 0.3) is 22.4 Å². The van der Waals surface area contributed by atoms with Crippen LogP contribution >= 0.6 is 0 Å². The first kappa shape index (κ1) is 19.0. The minimum absolute atomic E-state index is 0.173. The summed E-state index contributed by atoms with van der Waals surface area (Å²) in [5, 5.41) is 19.5. The van der Waals surface area contributed by atoms with Crippen LogP contribution in [0, 0.1) is 18.8 Å². The van der Waals surface area contributed by atoms with Gasteiger partial charge in [-0.15, -0.1) is 10.2 Å². The topological polar surface area (TPSA) is 75.0 Å². The lowest BCUT2D eigenvalue weighted by atomic mass is 9.85. The molecule has 0 amide bonds. The maximum atomic E-state index is 10.6. The fraction of sp³-hybridized carbons (Fsp3) is 0.417. The molecule has 3 aromatic rings. The molecule has 0 spiro atoms. The summed E-state index contributed by atoms with van der Waals surface area (Å²) in [5.74, 6) is 3.57. The molecule has 30 heavy (non-hydrogen) atoms. The van der Waals surface area contributed by atoms with Crippen molar-refractivity contribution in [1.82, 2.24) is 20.2 Å². The molecule has 1 unspecified atom stereocenters. The highest BCUT2D eigenvalue weighted by atomic mass is 16.3. The largest absolute Gasteiger partial charge is 0.507 e. The van der Waals surface area contributed by atoms with Gasteiger partial charge in [-0.2, -0.15) is 0 Å². The summed E-state index contributed by atoms with van der Waals surface area (Å²) in [6.45, 7) is 1.85. The van der Waals surface area contributed by atoms with E-state index >= 15 is 0 Å². The quantitative estimate of drug-likeness (QED) is 0.687. The molecule has 1 aromatic carbocycles. The minimum atomic E-state index is 0.173. The average Bonchev–Trinajstić information content (AvgIpc) is 3.11. The SMILES string of the molecule is Cc1ncc(-c2ccc(-c3ccc(N(C)C4C[C@H]5CC[C@@H](C4)C5)nn3)c(O)c2)cn1. The first-order chi connectivity index (χ1) is 14.6. The highest BCUT2D eigenvalue weighted by molar-refractivity contribution is 5.73. The fourth-order valence-corrected chi connectivity index (χ4v) is 5.10. The number of anilines is 1. The molecule has 2 aromatic heterocycles. The first-order valence-electron chi connectivity index (χ1n) is 10.8. The van der Waals surface area contributed by atoms with E-state index in [1.807, 2.05) is 31.2 Å². The molecule has 5 rings (SSSR count). The van der Waals surface area contributed by atoms with Crippen LogP contribution in [0.2, 0.25) is 0 Å². The van der Waals surface area contributed by atoms with Gasteiger partial charge in [0.25, 0.3) is 0 Å². The van der Waals surface area contributed by atoms with Gasteiger partial charge in [0.1, 0.15) is 11.6 Å². The predicted octanol–water partition coefficient (Wildman–Crippen LogP) is 4.63. The summed E-state index contributed by atoms with van der Waals surface area (Å²) in [5.41, 5.74) is 3.07. The first-order valence-corrected chi connectivity index (χ1v) is 10.8. The van der Waals surface area contributed by atoms with Crippen molar-refractivity contribution in [3.63, 3.8) is 0 Å². The molecular formula is C24H27N5O. The Bertz CT molecular complexity index is 1020. The number of benzene rings is 1. The lowest BCUT2D eigenvalue weighted by Gasteiger charge is -2.35. The lowest BCUT2D eigenvalue weighted by Crippen LogP contribution is -2.37. The van der Waals surface area contributed by atoms with Crippen molar-refractivity contribution in [1.29, 1.82) is 0 Å². The lowest BCUT2D eigenvalue weighted by molar-refractivity contribution is 0.312. The van der Waals surface area contributed by atoms with Crippen LogP contribution in [-0.4, -0.2) is 38.4 Å². The van der Waals surface area contributed by atoms with Crippen molar-refractivity contribution in [2.24, 2.45) is 11.8 Å². The molecule has 2 aliphatic carbocycles. The third kappa shape index (κ3) is 3.62. The summed E-state index contributed by atoms with van der Waals surface area (Å²) in [4.78, 5) is 10.7. The van der Waals surface area contributed by atoms with Crippen molar-refractivity contribution in [3.05, 3.63) is 48.5 Å². The smallest absolute Gasteiger partial charge is 0.151 e. The average molecular weight is 402 g/mol. The number of phenols is 1. The molecule has 3 atom stereocenters. The highest BCUT2D eigenvalue weighted by Crippen LogP contribution is 2.43. The van der Waals surface area contributed by atoms with Gasteiger partial charge >= 0.3 is 0 Å². The van der Waals surface area contributed by atoms with E-state index in [0.29, 0.717) is 17.3 Å². The van der Waals surface area contributed by atoms with Crippen LogP contribution in [0.15, 0.2) is 42.7 Å². The fourth-order valence-electron chi connectivity index (χ4n) is 5.10. The van der Waals surface area contributed by atoms with Gasteiger partial charge in [0, 0.05) is 36.6 Å². The van der Waals surface area contributed by atoms with Gasteiger partial charge in [0.05, 0.1) is 5.69 Å². The van der Waals surface area contributed by atoms with E-state index in [0.717, 1.165) is 34.6 Å². The monoisotopic (exact) mass is 401 g/mol. The summed E-state index contributed by atoms with van der Waals surface area (Å²) in [7, 11) is 2.13. The molecule has 6 nitrogen and oxygen atoms in total. The van der Waals surface area contributed by atoms with Crippen LogP contribution in [0.5, 0.6) is 5.75 Å². The Morgan fingerprint density at radius 2 is 1.63 bits per heavy atom. The number of fused-ring (bicyclic) bond motifs is 2. The molecule has 2 heterocycles. The molecule has 0 radical (unpaired) electrons. The second kappa shape index (κ2) is 7.67.